The van der Waals surface area contributed by atoms with Crippen molar-refractivity contribution >= 4 is 34.1 Å². The second-order valence-electron chi connectivity index (χ2n) is 3.85. The number of pyridine rings is 1. The van der Waals surface area contributed by atoms with E-state index in [1.807, 2.05) is 24.3 Å². The SMILES string of the molecule is Fc1c(Cl)nc(-c2ccc3ncccc3c2)nc1Cl. The third-order valence-electron chi connectivity index (χ3n) is 2.63. The molecular weight excluding hydrogens is 288 g/mol. The first kappa shape index (κ1) is 12.3. The van der Waals surface area contributed by atoms with Crippen molar-refractivity contribution in [3.63, 3.8) is 0 Å². The second kappa shape index (κ2) is 4.72. The minimum Gasteiger partial charge on any atom is -0.256 e. The van der Waals surface area contributed by atoms with Gasteiger partial charge in [0, 0.05) is 17.1 Å². The summed E-state index contributed by atoms with van der Waals surface area (Å²) in [5.41, 5.74) is 1.55. The van der Waals surface area contributed by atoms with Gasteiger partial charge in [-0.3, -0.25) is 4.98 Å². The molecule has 3 nitrogen and oxygen atoms in total. The number of rotatable bonds is 1. The van der Waals surface area contributed by atoms with Crippen LogP contribution in [0.3, 0.4) is 0 Å². The first-order valence-corrected chi connectivity index (χ1v) is 6.14. The van der Waals surface area contributed by atoms with E-state index in [1.54, 1.807) is 12.3 Å². The minimum atomic E-state index is -0.811. The zero-order chi connectivity index (χ0) is 13.4. The number of hydrogen-bond acceptors (Lipinski definition) is 3. The van der Waals surface area contributed by atoms with Crippen molar-refractivity contribution in [1.29, 1.82) is 0 Å². The molecule has 3 rings (SSSR count). The number of aromatic nitrogens is 3. The summed E-state index contributed by atoms with van der Waals surface area (Å²) in [5.74, 6) is -0.531. The molecule has 0 amide bonds. The monoisotopic (exact) mass is 293 g/mol. The lowest BCUT2D eigenvalue weighted by atomic mass is 10.1. The number of fused-ring (bicyclic) bond motifs is 1. The molecule has 3 aromatic rings. The molecule has 6 heteroatoms. The van der Waals surface area contributed by atoms with Crippen molar-refractivity contribution in [3.8, 4) is 11.4 Å². The lowest BCUT2D eigenvalue weighted by Gasteiger charge is -2.04. The maximum Gasteiger partial charge on any atom is 0.197 e. The van der Waals surface area contributed by atoms with Crippen LogP contribution in [0.2, 0.25) is 10.3 Å². The molecule has 0 radical (unpaired) electrons. The number of halogens is 3. The highest BCUT2D eigenvalue weighted by atomic mass is 35.5. The Hall–Kier alpha value is -1.78. The summed E-state index contributed by atoms with van der Waals surface area (Å²) in [6, 6.07) is 9.22. The minimum absolute atomic E-state index is 0.280. The second-order valence-corrected chi connectivity index (χ2v) is 4.57. The van der Waals surface area contributed by atoms with Crippen LogP contribution in [0.25, 0.3) is 22.3 Å². The van der Waals surface area contributed by atoms with E-state index in [4.69, 9.17) is 23.2 Å². The Morgan fingerprint density at radius 2 is 1.74 bits per heavy atom. The molecular formula is C13H6Cl2FN3. The summed E-state index contributed by atoms with van der Waals surface area (Å²) < 4.78 is 13.3. The van der Waals surface area contributed by atoms with E-state index in [9.17, 15) is 4.39 Å². The van der Waals surface area contributed by atoms with Gasteiger partial charge in [0.25, 0.3) is 0 Å². The molecule has 0 fully saturated rings. The van der Waals surface area contributed by atoms with Gasteiger partial charge in [-0.1, -0.05) is 29.3 Å². The van der Waals surface area contributed by atoms with Gasteiger partial charge in [-0.15, -0.1) is 0 Å². The molecule has 94 valence electrons. The van der Waals surface area contributed by atoms with Crippen LogP contribution >= 0.6 is 23.2 Å². The average Bonchev–Trinajstić information content (AvgIpc) is 2.43. The number of hydrogen-bond donors (Lipinski definition) is 0. The van der Waals surface area contributed by atoms with Crippen LogP contribution in [-0.2, 0) is 0 Å². The summed E-state index contributed by atoms with van der Waals surface area (Å²) in [5, 5.41) is 0.350. The fourth-order valence-electron chi connectivity index (χ4n) is 1.74. The van der Waals surface area contributed by atoms with E-state index in [-0.39, 0.29) is 16.1 Å². The molecule has 0 aliphatic carbocycles. The highest BCUT2D eigenvalue weighted by Crippen LogP contribution is 2.25. The topological polar surface area (TPSA) is 38.7 Å². The van der Waals surface area contributed by atoms with E-state index in [0.29, 0.717) is 5.56 Å². The fraction of sp³-hybridized carbons (Fsp3) is 0. The highest BCUT2D eigenvalue weighted by molar-refractivity contribution is 6.33. The molecule has 0 N–H and O–H groups in total. The molecule has 0 saturated carbocycles. The first-order valence-electron chi connectivity index (χ1n) is 5.39. The lowest BCUT2D eigenvalue weighted by Crippen LogP contribution is -1.94. The van der Waals surface area contributed by atoms with Crippen LogP contribution in [0, 0.1) is 5.82 Å². The van der Waals surface area contributed by atoms with Crippen molar-refractivity contribution in [1.82, 2.24) is 15.0 Å². The van der Waals surface area contributed by atoms with E-state index >= 15 is 0 Å². The Morgan fingerprint density at radius 1 is 1.00 bits per heavy atom. The molecule has 2 aromatic heterocycles. The highest BCUT2D eigenvalue weighted by Gasteiger charge is 2.12. The smallest absolute Gasteiger partial charge is 0.197 e. The quantitative estimate of drug-likeness (QED) is 0.633. The van der Waals surface area contributed by atoms with E-state index in [1.165, 1.54) is 0 Å². The summed E-state index contributed by atoms with van der Waals surface area (Å²) >= 11 is 11.3. The van der Waals surface area contributed by atoms with Crippen LogP contribution in [0.1, 0.15) is 0 Å². The van der Waals surface area contributed by atoms with Gasteiger partial charge in [0.2, 0.25) is 0 Å². The molecule has 0 bridgehead atoms. The number of benzene rings is 1. The van der Waals surface area contributed by atoms with Gasteiger partial charge in [0.15, 0.2) is 21.9 Å². The summed E-state index contributed by atoms with van der Waals surface area (Å²) in [4.78, 5) is 12.0. The molecule has 0 unspecified atom stereocenters. The van der Waals surface area contributed by atoms with Gasteiger partial charge >= 0.3 is 0 Å². The molecule has 1 aromatic carbocycles. The van der Waals surface area contributed by atoms with Crippen molar-refractivity contribution in [2.45, 2.75) is 0 Å². The average molecular weight is 294 g/mol. The Morgan fingerprint density at radius 3 is 2.47 bits per heavy atom. The lowest BCUT2D eigenvalue weighted by molar-refractivity contribution is 0.615. The van der Waals surface area contributed by atoms with Gasteiger partial charge < -0.3 is 0 Å². The van der Waals surface area contributed by atoms with Crippen LogP contribution in [-0.4, -0.2) is 15.0 Å². The van der Waals surface area contributed by atoms with Crippen molar-refractivity contribution < 1.29 is 4.39 Å². The maximum absolute atomic E-state index is 13.3. The molecule has 0 saturated heterocycles. The van der Waals surface area contributed by atoms with Crippen molar-refractivity contribution in [2.24, 2.45) is 0 Å². The van der Waals surface area contributed by atoms with Crippen molar-refractivity contribution in [2.75, 3.05) is 0 Å². The summed E-state index contributed by atoms with van der Waals surface area (Å²) in [6.45, 7) is 0. The van der Waals surface area contributed by atoms with Crippen molar-refractivity contribution in [3.05, 3.63) is 52.7 Å². The third-order valence-corrected chi connectivity index (χ3v) is 3.13. The predicted octanol–water partition coefficient (Wildman–Crippen LogP) is 4.14. The Bertz CT molecular complexity index is 754. The molecule has 19 heavy (non-hydrogen) atoms. The number of nitrogens with zero attached hydrogens (tertiary/aromatic N) is 3. The van der Waals surface area contributed by atoms with Gasteiger partial charge in [-0.25, -0.2) is 14.4 Å². The summed E-state index contributed by atoms with van der Waals surface area (Å²) in [7, 11) is 0. The first-order chi connectivity index (χ1) is 9.15. The predicted molar refractivity (Wildman–Crippen MR) is 72.7 cm³/mol. The van der Waals surface area contributed by atoms with Crippen LogP contribution in [0.5, 0.6) is 0 Å². The van der Waals surface area contributed by atoms with Crippen LogP contribution in [0.15, 0.2) is 36.5 Å². The molecule has 0 aliphatic heterocycles. The molecule has 0 spiro atoms. The Kier molecular flexibility index (Phi) is 3.05. The van der Waals surface area contributed by atoms with Gasteiger partial charge in [-0.05, 0) is 24.3 Å². The zero-order valence-corrected chi connectivity index (χ0v) is 11.0. The molecule has 0 atom stereocenters. The Labute approximate surface area is 118 Å². The standard InChI is InChI=1S/C13H6Cl2FN3/c14-11-10(16)12(15)19-13(18-11)8-3-4-9-7(6-8)2-1-5-17-9/h1-6H. The van der Waals surface area contributed by atoms with Crippen LogP contribution < -0.4 is 0 Å². The largest absolute Gasteiger partial charge is 0.256 e. The maximum atomic E-state index is 13.3. The van der Waals surface area contributed by atoms with E-state index in [2.05, 4.69) is 15.0 Å². The van der Waals surface area contributed by atoms with Gasteiger partial charge in [0.1, 0.15) is 0 Å². The van der Waals surface area contributed by atoms with Gasteiger partial charge in [0.05, 0.1) is 5.52 Å². The van der Waals surface area contributed by atoms with Gasteiger partial charge in [-0.2, -0.15) is 0 Å². The fourth-order valence-corrected chi connectivity index (χ4v) is 2.13. The third kappa shape index (κ3) is 2.25. The van der Waals surface area contributed by atoms with E-state index in [0.717, 1.165) is 10.9 Å². The Balaban J connectivity index is 2.19. The summed E-state index contributed by atoms with van der Waals surface area (Å²) in [6.07, 6.45) is 1.71. The zero-order valence-electron chi connectivity index (χ0n) is 9.44. The normalized spacial score (nSPS) is 10.9. The van der Waals surface area contributed by atoms with E-state index < -0.39 is 5.82 Å². The van der Waals surface area contributed by atoms with Crippen LogP contribution in [0.4, 0.5) is 4.39 Å². The molecule has 0 aliphatic rings. The molecule has 2 heterocycles.